The third-order valence-electron chi connectivity index (χ3n) is 4.43. The molecule has 1 atom stereocenters. The Hall–Kier alpha value is -1.69. The molecule has 5 nitrogen and oxygen atoms in total. The van der Waals surface area contributed by atoms with Crippen LogP contribution in [0.4, 0.5) is 4.79 Å². The van der Waals surface area contributed by atoms with Crippen molar-refractivity contribution in [1.29, 1.82) is 0 Å². The second-order valence-corrected chi connectivity index (χ2v) is 6.52. The van der Waals surface area contributed by atoms with Gasteiger partial charge in [-0.3, -0.25) is 19.8 Å². The average Bonchev–Trinajstić information content (AvgIpc) is 2.36. The summed E-state index contributed by atoms with van der Waals surface area (Å²) in [6.45, 7) is 1.79. The first-order chi connectivity index (χ1) is 9.95. The Bertz CT molecular complexity index is 640. The van der Waals surface area contributed by atoms with Crippen LogP contribution in [0.5, 0.6) is 0 Å². The number of benzene rings is 1. The smallest absolute Gasteiger partial charge is 0.277 e. The van der Waals surface area contributed by atoms with Crippen molar-refractivity contribution in [2.75, 3.05) is 0 Å². The van der Waals surface area contributed by atoms with Crippen LogP contribution in [0, 0.1) is 5.41 Å². The quantitative estimate of drug-likeness (QED) is 0.834. The lowest BCUT2D eigenvalue weighted by molar-refractivity contribution is -0.159. The highest BCUT2D eigenvalue weighted by Gasteiger charge is 2.58. The standard InChI is InChI=1S/C15H15BrN2O3/c1-9(10-4-2-5-11(16)8-10)18-13(20)15(6-3-7-15)12(19)17-14(18)21/h2,4-5,8-9H,3,6-7H2,1H3,(H,17,19,21). The molecule has 6 heteroatoms. The van der Waals surface area contributed by atoms with Gasteiger partial charge in [0.05, 0.1) is 6.04 Å². The molecule has 1 saturated carbocycles. The fourth-order valence-corrected chi connectivity index (χ4v) is 3.35. The zero-order valence-electron chi connectivity index (χ0n) is 11.6. The zero-order valence-corrected chi connectivity index (χ0v) is 13.1. The summed E-state index contributed by atoms with van der Waals surface area (Å²) >= 11 is 3.38. The minimum Gasteiger partial charge on any atom is -0.277 e. The van der Waals surface area contributed by atoms with Gasteiger partial charge in [0.15, 0.2) is 0 Å². The SMILES string of the molecule is CC(c1cccc(Br)c1)N1C(=O)NC(=O)C2(CCC2)C1=O. The molecule has 2 fully saturated rings. The van der Waals surface area contributed by atoms with Gasteiger partial charge in [-0.15, -0.1) is 0 Å². The maximum absolute atomic E-state index is 12.7. The summed E-state index contributed by atoms with van der Waals surface area (Å²) in [7, 11) is 0. The highest BCUT2D eigenvalue weighted by molar-refractivity contribution is 9.10. The van der Waals surface area contributed by atoms with Crippen molar-refractivity contribution >= 4 is 33.8 Å². The van der Waals surface area contributed by atoms with Crippen molar-refractivity contribution in [1.82, 2.24) is 10.2 Å². The molecular formula is C15H15BrN2O3. The van der Waals surface area contributed by atoms with Gasteiger partial charge in [0.25, 0.3) is 0 Å². The fraction of sp³-hybridized carbons (Fsp3) is 0.400. The maximum atomic E-state index is 12.7. The molecule has 21 heavy (non-hydrogen) atoms. The first kappa shape index (κ1) is 14.3. The van der Waals surface area contributed by atoms with Gasteiger partial charge in [0.2, 0.25) is 11.8 Å². The van der Waals surface area contributed by atoms with Gasteiger partial charge in [-0.05, 0) is 37.5 Å². The molecule has 3 rings (SSSR count). The average molecular weight is 351 g/mol. The second-order valence-electron chi connectivity index (χ2n) is 5.60. The molecule has 1 aromatic rings. The lowest BCUT2D eigenvalue weighted by atomic mass is 9.66. The number of carbonyl (C=O) groups is 3. The van der Waals surface area contributed by atoms with E-state index in [4.69, 9.17) is 0 Å². The van der Waals surface area contributed by atoms with Crippen LogP contribution >= 0.6 is 15.9 Å². The summed E-state index contributed by atoms with van der Waals surface area (Å²) < 4.78 is 0.881. The molecule has 0 radical (unpaired) electrons. The number of hydrogen-bond donors (Lipinski definition) is 1. The fourth-order valence-electron chi connectivity index (χ4n) is 2.94. The second kappa shape index (κ2) is 4.94. The minimum atomic E-state index is -1.02. The van der Waals surface area contributed by atoms with E-state index >= 15 is 0 Å². The zero-order chi connectivity index (χ0) is 15.2. The summed E-state index contributed by atoms with van der Waals surface area (Å²) in [6.07, 6.45) is 1.88. The number of halogens is 1. The third-order valence-corrected chi connectivity index (χ3v) is 4.92. The minimum absolute atomic E-state index is 0.366. The molecule has 1 unspecified atom stereocenters. The van der Waals surface area contributed by atoms with Gasteiger partial charge in [-0.1, -0.05) is 34.5 Å². The monoisotopic (exact) mass is 350 g/mol. The number of rotatable bonds is 2. The van der Waals surface area contributed by atoms with Crippen LogP contribution in [0.15, 0.2) is 28.7 Å². The Morgan fingerprint density at radius 1 is 1.29 bits per heavy atom. The Morgan fingerprint density at radius 2 is 2.00 bits per heavy atom. The normalized spacial score (nSPS) is 22.0. The van der Waals surface area contributed by atoms with E-state index in [-0.39, 0.29) is 5.91 Å². The van der Waals surface area contributed by atoms with Gasteiger partial charge in [0.1, 0.15) is 5.41 Å². The van der Waals surface area contributed by atoms with Crippen molar-refractivity contribution in [3.05, 3.63) is 34.3 Å². The first-order valence-corrected chi connectivity index (χ1v) is 7.69. The van der Waals surface area contributed by atoms with E-state index in [0.717, 1.165) is 16.5 Å². The molecule has 1 N–H and O–H groups in total. The summed E-state index contributed by atoms with van der Waals surface area (Å²) in [5.74, 6) is -0.809. The third kappa shape index (κ3) is 2.09. The van der Waals surface area contributed by atoms with Gasteiger partial charge >= 0.3 is 6.03 Å². The largest absolute Gasteiger partial charge is 0.331 e. The van der Waals surface area contributed by atoms with E-state index in [1.54, 1.807) is 6.92 Å². The van der Waals surface area contributed by atoms with Crippen LogP contribution in [0.25, 0.3) is 0 Å². The number of urea groups is 1. The van der Waals surface area contributed by atoms with Crippen molar-refractivity contribution in [3.8, 4) is 0 Å². The molecule has 1 heterocycles. The summed E-state index contributed by atoms with van der Waals surface area (Å²) in [5.41, 5.74) is -0.175. The van der Waals surface area contributed by atoms with Crippen LogP contribution in [0.2, 0.25) is 0 Å². The first-order valence-electron chi connectivity index (χ1n) is 6.90. The highest BCUT2D eigenvalue weighted by Crippen LogP contribution is 2.46. The number of carbonyl (C=O) groups excluding carboxylic acids is 3. The number of barbiturate groups is 1. The maximum Gasteiger partial charge on any atom is 0.331 e. The van der Waals surface area contributed by atoms with E-state index in [1.807, 2.05) is 24.3 Å². The number of hydrogen-bond acceptors (Lipinski definition) is 3. The molecule has 0 bridgehead atoms. The van der Waals surface area contributed by atoms with E-state index in [0.29, 0.717) is 12.8 Å². The molecular weight excluding hydrogens is 336 g/mol. The molecule has 110 valence electrons. The molecule has 1 aliphatic carbocycles. The number of nitrogens with zero attached hydrogens (tertiary/aromatic N) is 1. The van der Waals surface area contributed by atoms with Crippen molar-refractivity contribution < 1.29 is 14.4 Å². The molecule has 1 aliphatic heterocycles. The number of imide groups is 2. The molecule has 4 amide bonds. The van der Waals surface area contributed by atoms with Crippen LogP contribution in [0.1, 0.15) is 37.8 Å². The number of amides is 4. The highest BCUT2D eigenvalue weighted by atomic mass is 79.9. The lowest BCUT2D eigenvalue weighted by Crippen LogP contribution is -2.66. The van der Waals surface area contributed by atoms with Gasteiger partial charge < -0.3 is 0 Å². The van der Waals surface area contributed by atoms with E-state index in [9.17, 15) is 14.4 Å². The van der Waals surface area contributed by atoms with Crippen LogP contribution < -0.4 is 5.32 Å². The van der Waals surface area contributed by atoms with E-state index in [1.165, 1.54) is 4.90 Å². The van der Waals surface area contributed by atoms with Gasteiger partial charge in [-0.2, -0.15) is 0 Å². The molecule has 2 aliphatic rings. The molecule has 0 aromatic heterocycles. The summed E-state index contributed by atoms with van der Waals surface area (Å²) in [6, 6.07) is 6.42. The van der Waals surface area contributed by atoms with Crippen LogP contribution in [-0.2, 0) is 9.59 Å². The van der Waals surface area contributed by atoms with Gasteiger partial charge in [0, 0.05) is 4.47 Å². The molecule has 1 spiro atoms. The Labute approximate surface area is 130 Å². The molecule has 1 aromatic carbocycles. The van der Waals surface area contributed by atoms with Crippen LogP contribution in [0.3, 0.4) is 0 Å². The van der Waals surface area contributed by atoms with E-state index in [2.05, 4.69) is 21.2 Å². The predicted octanol–water partition coefficient (Wildman–Crippen LogP) is 2.76. The Kier molecular flexibility index (Phi) is 3.36. The summed E-state index contributed by atoms with van der Waals surface area (Å²) in [4.78, 5) is 38.0. The van der Waals surface area contributed by atoms with Crippen molar-refractivity contribution in [3.63, 3.8) is 0 Å². The van der Waals surface area contributed by atoms with Gasteiger partial charge in [-0.25, -0.2) is 4.79 Å². The topological polar surface area (TPSA) is 66.5 Å². The molecule has 1 saturated heterocycles. The summed E-state index contributed by atoms with van der Waals surface area (Å²) in [5, 5.41) is 2.33. The number of nitrogens with one attached hydrogen (secondary N) is 1. The lowest BCUT2D eigenvalue weighted by Gasteiger charge is -2.46. The van der Waals surface area contributed by atoms with Crippen LogP contribution in [-0.4, -0.2) is 22.7 Å². The van der Waals surface area contributed by atoms with Crippen molar-refractivity contribution in [2.45, 2.75) is 32.2 Å². The van der Waals surface area contributed by atoms with E-state index < -0.39 is 23.4 Å². The van der Waals surface area contributed by atoms with Crippen molar-refractivity contribution in [2.24, 2.45) is 5.41 Å². The predicted molar refractivity (Wildman–Crippen MR) is 79.2 cm³/mol. The Morgan fingerprint density at radius 3 is 2.57 bits per heavy atom. The Balaban J connectivity index is 1.95.